The van der Waals surface area contributed by atoms with Gasteiger partial charge in [-0.2, -0.15) is 15.5 Å². The molecule has 0 unspecified atom stereocenters. The van der Waals surface area contributed by atoms with Gasteiger partial charge in [0.1, 0.15) is 28.6 Å². The highest BCUT2D eigenvalue weighted by Gasteiger charge is 2.25. The van der Waals surface area contributed by atoms with Crippen molar-refractivity contribution in [3.8, 4) is 28.6 Å². The van der Waals surface area contributed by atoms with Crippen molar-refractivity contribution in [2.24, 2.45) is 13.0 Å². The fourth-order valence-electron chi connectivity index (χ4n) is 4.45. The number of amides is 1. The first kappa shape index (κ1) is 24.2. The number of nitrogens with one attached hydrogen (secondary N) is 1. The molecule has 1 atom stereocenters. The first-order valence-corrected chi connectivity index (χ1v) is 12.2. The van der Waals surface area contributed by atoms with Crippen LogP contribution in [0.1, 0.15) is 32.8 Å². The van der Waals surface area contributed by atoms with Gasteiger partial charge in [0.15, 0.2) is 0 Å². The number of aromatic nitrogens is 6. The molecular weight excluding hydrogens is 470 g/mol. The zero-order chi connectivity index (χ0) is 26.2. The Kier molecular flexibility index (Phi) is 6.25. The van der Waals surface area contributed by atoms with Crippen molar-refractivity contribution in [2.75, 3.05) is 24.5 Å². The molecule has 0 aliphatic carbocycles. The van der Waals surface area contributed by atoms with E-state index in [0.717, 1.165) is 36.5 Å². The van der Waals surface area contributed by atoms with E-state index in [1.807, 2.05) is 46.1 Å². The fraction of sp³-hybridized carbons (Fsp3) is 0.385. The molecule has 0 bridgehead atoms. The number of pyridine rings is 1. The van der Waals surface area contributed by atoms with Crippen molar-refractivity contribution < 1.29 is 9.53 Å². The van der Waals surface area contributed by atoms with Crippen molar-refractivity contribution in [1.29, 1.82) is 5.26 Å². The molecule has 4 aromatic rings. The van der Waals surface area contributed by atoms with Crippen molar-refractivity contribution >= 4 is 17.4 Å². The fourth-order valence-corrected chi connectivity index (χ4v) is 4.45. The van der Waals surface area contributed by atoms with Gasteiger partial charge < -0.3 is 15.0 Å². The van der Waals surface area contributed by atoms with Gasteiger partial charge in [-0.15, -0.1) is 0 Å². The summed E-state index contributed by atoms with van der Waals surface area (Å²) >= 11 is 0. The van der Waals surface area contributed by atoms with Crippen LogP contribution in [0.5, 0.6) is 0 Å². The van der Waals surface area contributed by atoms with Gasteiger partial charge in [0.05, 0.1) is 30.0 Å². The third-order valence-corrected chi connectivity index (χ3v) is 6.18. The SMILES string of the molecule is Cn1cc(-c2cn3ncc(C#N)c3c(-c3ccc(N4CC[C@@H](CNC(=O)OC(C)(C)C)C4)nc3)n2)cn1. The van der Waals surface area contributed by atoms with E-state index in [9.17, 15) is 10.1 Å². The monoisotopic (exact) mass is 499 g/mol. The van der Waals surface area contributed by atoms with Crippen LogP contribution in [-0.2, 0) is 11.8 Å². The van der Waals surface area contributed by atoms with Gasteiger partial charge in [-0.1, -0.05) is 0 Å². The lowest BCUT2D eigenvalue weighted by molar-refractivity contribution is 0.0520. The first-order chi connectivity index (χ1) is 17.7. The molecule has 5 rings (SSSR count). The zero-order valence-electron chi connectivity index (χ0n) is 21.3. The van der Waals surface area contributed by atoms with Crippen LogP contribution < -0.4 is 10.2 Å². The average molecular weight is 500 g/mol. The maximum atomic E-state index is 12.0. The van der Waals surface area contributed by atoms with Crippen LogP contribution in [-0.4, -0.2) is 60.7 Å². The number of hydrogen-bond donors (Lipinski definition) is 1. The molecular formula is C26H29N9O2. The summed E-state index contributed by atoms with van der Waals surface area (Å²) in [6.45, 7) is 7.76. The Bertz CT molecular complexity index is 1470. The minimum Gasteiger partial charge on any atom is -0.444 e. The second-order valence-electron chi connectivity index (χ2n) is 10.2. The largest absolute Gasteiger partial charge is 0.444 e. The molecule has 190 valence electrons. The summed E-state index contributed by atoms with van der Waals surface area (Å²) in [7, 11) is 1.85. The van der Waals surface area contributed by atoms with Crippen LogP contribution in [0.4, 0.5) is 10.6 Å². The van der Waals surface area contributed by atoms with Crippen molar-refractivity contribution in [1.82, 2.24) is 34.7 Å². The number of hydrogen-bond acceptors (Lipinski definition) is 8. The zero-order valence-corrected chi connectivity index (χ0v) is 21.3. The molecule has 1 fully saturated rings. The molecule has 4 aromatic heterocycles. The Labute approximate surface area is 214 Å². The molecule has 0 spiro atoms. The number of carbonyl (C=O) groups excluding carboxylic acids is 1. The van der Waals surface area contributed by atoms with Gasteiger partial charge >= 0.3 is 6.09 Å². The summed E-state index contributed by atoms with van der Waals surface area (Å²) in [4.78, 5) is 23.8. The lowest BCUT2D eigenvalue weighted by Gasteiger charge is -2.21. The number of rotatable bonds is 5. The summed E-state index contributed by atoms with van der Waals surface area (Å²) < 4.78 is 8.73. The second-order valence-corrected chi connectivity index (χ2v) is 10.2. The Hall–Kier alpha value is -4.46. The highest BCUT2D eigenvalue weighted by molar-refractivity contribution is 5.83. The van der Waals surface area contributed by atoms with Crippen LogP contribution in [0.3, 0.4) is 0 Å². The second kappa shape index (κ2) is 9.54. The third kappa shape index (κ3) is 5.23. The number of anilines is 1. The summed E-state index contributed by atoms with van der Waals surface area (Å²) in [5, 5.41) is 21.1. The molecule has 11 nitrogen and oxygen atoms in total. The van der Waals surface area contributed by atoms with Gasteiger partial charge in [-0.05, 0) is 45.2 Å². The minimum atomic E-state index is -0.514. The molecule has 1 saturated heterocycles. The first-order valence-electron chi connectivity index (χ1n) is 12.2. The van der Waals surface area contributed by atoms with E-state index in [4.69, 9.17) is 14.7 Å². The third-order valence-electron chi connectivity index (χ3n) is 6.18. The number of ether oxygens (including phenoxy) is 1. The van der Waals surface area contributed by atoms with Crippen LogP contribution in [0.15, 0.2) is 43.1 Å². The summed E-state index contributed by atoms with van der Waals surface area (Å²) in [6.07, 6.45) is 9.32. The summed E-state index contributed by atoms with van der Waals surface area (Å²) in [5.74, 6) is 1.17. The van der Waals surface area contributed by atoms with E-state index in [1.54, 1.807) is 34.0 Å². The summed E-state index contributed by atoms with van der Waals surface area (Å²) in [6, 6.07) is 6.15. The predicted octanol–water partition coefficient (Wildman–Crippen LogP) is 3.41. The highest BCUT2D eigenvalue weighted by Crippen LogP contribution is 2.30. The quantitative estimate of drug-likeness (QED) is 0.443. The highest BCUT2D eigenvalue weighted by atomic mass is 16.6. The molecule has 0 aromatic carbocycles. The van der Waals surface area contributed by atoms with E-state index in [1.165, 1.54) is 0 Å². The van der Waals surface area contributed by atoms with Gasteiger partial charge in [0.2, 0.25) is 0 Å². The number of alkyl carbamates (subject to hydrolysis) is 1. The van der Waals surface area contributed by atoms with E-state index in [2.05, 4.69) is 26.5 Å². The predicted molar refractivity (Wildman–Crippen MR) is 138 cm³/mol. The molecule has 1 aliphatic rings. The maximum absolute atomic E-state index is 12.0. The van der Waals surface area contributed by atoms with E-state index < -0.39 is 11.7 Å². The molecule has 0 saturated carbocycles. The van der Waals surface area contributed by atoms with Gasteiger partial charge in [-0.3, -0.25) is 4.68 Å². The lowest BCUT2D eigenvalue weighted by atomic mass is 10.1. The molecule has 37 heavy (non-hydrogen) atoms. The van der Waals surface area contributed by atoms with Crippen LogP contribution in [0.2, 0.25) is 0 Å². The van der Waals surface area contributed by atoms with Gasteiger partial charge in [0, 0.05) is 50.2 Å². The topological polar surface area (TPSA) is 126 Å². The number of carbonyl (C=O) groups is 1. The van der Waals surface area contributed by atoms with Crippen molar-refractivity contribution in [3.05, 3.63) is 48.7 Å². The van der Waals surface area contributed by atoms with Crippen molar-refractivity contribution in [3.63, 3.8) is 0 Å². The van der Waals surface area contributed by atoms with E-state index in [0.29, 0.717) is 34.9 Å². The van der Waals surface area contributed by atoms with Crippen molar-refractivity contribution in [2.45, 2.75) is 32.8 Å². The molecule has 5 heterocycles. The molecule has 1 N–H and O–H groups in total. The lowest BCUT2D eigenvalue weighted by Crippen LogP contribution is -2.36. The maximum Gasteiger partial charge on any atom is 0.407 e. The van der Waals surface area contributed by atoms with E-state index in [-0.39, 0.29) is 0 Å². The van der Waals surface area contributed by atoms with Gasteiger partial charge in [-0.25, -0.2) is 19.3 Å². The molecule has 1 amide bonds. The normalized spacial score (nSPS) is 15.6. The molecule has 11 heteroatoms. The van der Waals surface area contributed by atoms with Gasteiger partial charge in [0.25, 0.3) is 0 Å². The van der Waals surface area contributed by atoms with Crippen LogP contribution in [0.25, 0.3) is 28.0 Å². The smallest absolute Gasteiger partial charge is 0.407 e. The minimum absolute atomic E-state index is 0.316. The molecule has 1 aliphatic heterocycles. The number of aryl methyl sites for hydroxylation is 1. The average Bonchev–Trinajstić information content (AvgIpc) is 3.61. The van der Waals surface area contributed by atoms with Crippen LogP contribution >= 0.6 is 0 Å². The Morgan fingerprint density at radius 1 is 1.19 bits per heavy atom. The standard InChI is InChI=1S/C26H29N9O2/c1-26(2,3)37-25(36)29-10-17-7-8-34(14-17)22-6-5-18(11-28-22)23-24-19(9-27)12-31-35(24)16-21(32-23)20-13-30-33(4)15-20/h5-6,11-13,15-17H,7-8,10,14H2,1-4H3,(H,29,36)/t17-/m0/s1. The number of nitriles is 1. The Morgan fingerprint density at radius 2 is 2.03 bits per heavy atom. The Morgan fingerprint density at radius 3 is 2.70 bits per heavy atom. The number of nitrogens with zero attached hydrogens (tertiary/aromatic N) is 8. The molecule has 0 radical (unpaired) electrons. The summed E-state index contributed by atoms with van der Waals surface area (Å²) in [5.41, 5.74) is 3.55. The Balaban J connectivity index is 1.35. The number of fused-ring (bicyclic) bond motifs is 1. The van der Waals surface area contributed by atoms with Crippen LogP contribution in [0, 0.1) is 17.2 Å². The van der Waals surface area contributed by atoms with E-state index >= 15 is 0 Å².